The zero-order valence-corrected chi connectivity index (χ0v) is 18.7. The molecule has 2 N–H and O–H groups in total. The number of ether oxygens (including phenoxy) is 4. The molecule has 0 heterocycles. The fourth-order valence-electron chi connectivity index (χ4n) is 2.42. The third-order valence-corrected chi connectivity index (χ3v) is 5.01. The molecule has 0 saturated carbocycles. The van der Waals surface area contributed by atoms with Crippen LogP contribution in [0.25, 0.3) is 12.2 Å². The first-order valence-corrected chi connectivity index (χ1v) is 10.4. The molecule has 0 aliphatic carbocycles. The van der Waals surface area contributed by atoms with Gasteiger partial charge in [0.05, 0.1) is 28.4 Å². The Bertz CT molecular complexity index is 897. The summed E-state index contributed by atoms with van der Waals surface area (Å²) in [7, 11) is 1.31. The lowest BCUT2D eigenvalue weighted by Crippen LogP contribution is -1.96. The highest BCUT2D eigenvalue weighted by Crippen LogP contribution is 2.43. The monoisotopic (exact) mass is 522 g/mol. The Hall–Kier alpha value is -1.94. The van der Waals surface area contributed by atoms with Gasteiger partial charge in [-0.05, 0) is 58.0 Å². The van der Waals surface area contributed by atoms with Gasteiger partial charge in [0.1, 0.15) is 0 Å². The van der Waals surface area contributed by atoms with E-state index in [1.807, 2.05) is 34.7 Å². The predicted octanol–water partition coefficient (Wildman–Crippen LogP) is 3.97. The van der Waals surface area contributed by atoms with Crippen LogP contribution in [0.15, 0.2) is 24.3 Å². The number of methoxy groups -OCH3 is 4. The van der Waals surface area contributed by atoms with Gasteiger partial charge in [0.25, 0.3) is 0 Å². The summed E-state index contributed by atoms with van der Waals surface area (Å²) in [5, 5.41) is 0. The highest BCUT2D eigenvalue weighted by Gasteiger charge is 2.20. The van der Waals surface area contributed by atoms with Gasteiger partial charge in [0.2, 0.25) is 5.75 Å². The van der Waals surface area contributed by atoms with Crippen LogP contribution in [0.1, 0.15) is 11.1 Å². The summed E-state index contributed by atoms with van der Waals surface area (Å²) in [6.45, 7) is 0. The average molecular weight is 522 g/mol. The molecular weight excluding hydrogens is 502 g/mol. The Morgan fingerprint density at radius 3 is 1.86 bits per heavy atom. The summed E-state index contributed by atoms with van der Waals surface area (Å²) < 4.78 is 37.7. The number of rotatable bonds is 8. The normalized spacial score (nSPS) is 11.4. The molecule has 10 heteroatoms. The molecule has 0 radical (unpaired) electrons. The van der Waals surface area contributed by atoms with Crippen LogP contribution in [0, 0.1) is 3.57 Å². The van der Waals surface area contributed by atoms with Crippen molar-refractivity contribution in [3.63, 3.8) is 0 Å². The number of hydrogen-bond donors (Lipinski definition) is 2. The molecule has 0 aromatic heterocycles. The van der Waals surface area contributed by atoms with E-state index in [0.717, 1.165) is 11.1 Å². The molecule has 0 bridgehead atoms. The molecule has 0 fully saturated rings. The van der Waals surface area contributed by atoms with Crippen LogP contribution in [0.2, 0.25) is 0 Å². The van der Waals surface area contributed by atoms with Crippen LogP contribution in [0.5, 0.6) is 28.7 Å². The molecule has 2 aromatic rings. The molecule has 8 nitrogen and oxygen atoms in total. The first-order valence-electron chi connectivity index (χ1n) is 7.83. The summed E-state index contributed by atoms with van der Waals surface area (Å²) in [6, 6.07) is 6.72. The van der Waals surface area contributed by atoms with E-state index in [2.05, 4.69) is 4.52 Å². The van der Waals surface area contributed by atoms with Crippen molar-refractivity contribution in [1.82, 2.24) is 0 Å². The van der Waals surface area contributed by atoms with Crippen molar-refractivity contribution in [2.24, 2.45) is 0 Å². The Morgan fingerprint density at radius 1 is 0.821 bits per heavy atom. The highest BCUT2D eigenvalue weighted by molar-refractivity contribution is 14.1. The molecule has 28 heavy (non-hydrogen) atoms. The second kappa shape index (κ2) is 9.51. The van der Waals surface area contributed by atoms with Crippen molar-refractivity contribution in [1.29, 1.82) is 0 Å². The summed E-state index contributed by atoms with van der Waals surface area (Å²) in [6.07, 6.45) is 3.66. The molecule has 0 saturated heterocycles. The van der Waals surface area contributed by atoms with Crippen LogP contribution in [0.3, 0.4) is 0 Å². The summed E-state index contributed by atoms with van der Waals surface area (Å²) in [5.41, 5.74) is 1.57. The third kappa shape index (κ3) is 5.54. The average Bonchev–Trinajstić information content (AvgIpc) is 2.65. The van der Waals surface area contributed by atoms with Crippen molar-refractivity contribution in [3.05, 3.63) is 39.0 Å². The molecule has 0 spiro atoms. The summed E-state index contributed by atoms with van der Waals surface area (Å²) in [4.78, 5) is 18.1. The zero-order chi connectivity index (χ0) is 20.9. The first-order chi connectivity index (χ1) is 13.2. The maximum Gasteiger partial charge on any atom is 0.524 e. The van der Waals surface area contributed by atoms with Crippen LogP contribution in [-0.2, 0) is 4.57 Å². The van der Waals surface area contributed by atoms with E-state index in [0.29, 0.717) is 20.8 Å². The van der Waals surface area contributed by atoms with Crippen LogP contribution in [-0.4, -0.2) is 38.2 Å². The molecule has 0 aliphatic rings. The summed E-state index contributed by atoms with van der Waals surface area (Å²) >= 11 is 2.04. The van der Waals surface area contributed by atoms with Gasteiger partial charge in [0, 0.05) is 3.57 Å². The SMILES string of the molecule is COc1cc(/C=C\c2cc(OC)c(OC)c(OC)c2)c(I)cc1OP(=O)(O)O. The number of halogens is 1. The number of phosphoric acid groups is 1. The van der Waals surface area contributed by atoms with E-state index in [1.54, 1.807) is 32.4 Å². The lowest BCUT2D eigenvalue weighted by Gasteiger charge is -2.13. The number of hydrogen-bond acceptors (Lipinski definition) is 6. The standard InChI is InChI=1S/C18H20IO8P/c1-23-14-9-12(13(19)10-15(14)27-28(20,21)22)6-5-11-7-16(24-2)18(26-4)17(8-11)25-3/h5-10H,1-4H3,(H2,20,21,22)/b6-5-. The smallest absolute Gasteiger partial charge is 0.493 e. The van der Waals surface area contributed by atoms with E-state index in [4.69, 9.17) is 28.7 Å². The minimum absolute atomic E-state index is 0.0369. The van der Waals surface area contributed by atoms with Crippen LogP contribution < -0.4 is 23.5 Å². The van der Waals surface area contributed by atoms with Gasteiger partial charge < -0.3 is 23.5 Å². The fraction of sp³-hybridized carbons (Fsp3) is 0.222. The Morgan fingerprint density at radius 2 is 1.39 bits per heavy atom. The summed E-state index contributed by atoms with van der Waals surface area (Å²) in [5.74, 6) is 1.72. The van der Waals surface area contributed by atoms with Gasteiger partial charge in [-0.15, -0.1) is 0 Å². The van der Waals surface area contributed by atoms with E-state index < -0.39 is 7.82 Å². The minimum atomic E-state index is -4.69. The van der Waals surface area contributed by atoms with Gasteiger partial charge in [-0.1, -0.05) is 12.2 Å². The van der Waals surface area contributed by atoms with E-state index in [1.165, 1.54) is 20.3 Å². The minimum Gasteiger partial charge on any atom is -0.493 e. The topological polar surface area (TPSA) is 104 Å². The van der Waals surface area contributed by atoms with Gasteiger partial charge >= 0.3 is 7.82 Å². The van der Waals surface area contributed by atoms with Gasteiger partial charge in [-0.3, -0.25) is 9.79 Å². The van der Waals surface area contributed by atoms with Crippen LogP contribution >= 0.6 is 30.4 Å². The van der Waals surface area contributed by atoms with Crippen LogP contribution in [0.4, 0.5) is 0 Å². The van der Waals surface area contributed by atoms with Crippen molar-refractivity contribution in [2.45, 2.75) is 0 Å². The van der Waals surface area contributed by atoms with E-state index in [9.17, 15) is 4.57 Å². The second-order valence-electron chi connectivity index (χ2n) is 5.40. The Kier molecular flexibility index (Phi) is 7.59. The first kappa shape index (κ1) is 22.4. The van der Waals surface area contributed by atoms with Gasteiger partial charge in [0.15, 0.2) is 23.0 Å². The van der Waals surface area contributed by atoms with E-state index in [-0.39, 0.29) is 11.5 Å². The second-order valence-corrected chi connectivity index (χ2v) is 7.72. The van der Waals surface area contributed by atoms with Crippen molar-refractivity contribution in [3.8, 4) is 28.7 Å². The molecule has 0 amide bonds. The van der Waals surface area contributed by atoms with Crippen molar-refractivity contribution in [2.75, 3.05) is 28.4 Å². The lowest BCUT2D eigenvalue weighted by molar-refractivity contribution is 0.276. The molecule has 0 unspecified atom stereocenters. The van der Waals surface area contributed by atoms with Crippen molar-refractivity contribution < 1.29 is 37.8 Å². The van der Waals surface area contributed by atoms with Gasteiger partial charge in [-0.2, -0.15) is 0 Å². The van der Waals surface area contributed by atoms with Crippen molar-refractivity contribution >= 4 is 42.6 Å². The molecule has 0 aliphatic heterocycles. The van der Waals surface area contributed by atoms with E-state index >= 15 is 0 Å². The maximum atomic E-state index is 11.1. The molecular formula is C18H20IO8P. The third-order valence-electron chi connectivity index (χ3n) is 3.64. The molecule has 152 valence electrons. The number of phosphoric ester groups is 1. The Labute approximate surface area is 176 Å². The predicted molar refractivity (Wildman–Crippen MR) is 113 cm³/mol. The maximum absolute atomic E-state index is 11.1. The largest absolute Gasteiger partial charge is 0.524 e. The fourth-order valence-corrected chi connectivity index (χ4v) is 3.44. The lowest BCUT2D eigenvalue weighted by atomic mass is 10.1. The molecule has 0 atom stereocenters. The molecule has 2 rings (SSSR count). The Balaban J connectivity index is 2.42. The quantitative estimate of drug-likeness (QED) is 0.305. The van der Waals surface area contributed by atoms with Gasteiger partial charge in [-0.25, -0.2) is 4.57 Å². The zero-order valence-electron chi connectivity index (χ0n) is 15.6. The molecule has 2 aromatic carbocycles. The highest BCUT2D eigenvalue weighted by atomic mass is 127. The number of benzene rings is 2.